The average molecular weight is 253 g/mol. The van der Waals surface area contributed by atoms with Gasteiger partial charge in [0.05, 0.1) is 6.54 Å². The molecule has 6 nitrogen and oxygen atoms in total. The van der Waals surface area contributed by atoms with Crippen LogP contribution in [-0.2, 0) is 6.54 Å². The van der Waals surface area contributed by atoms with Crippen molar-refractivity contribution in [3.05, 3.63) is 16.6 Å². The summed E-state index contributed by atoms with van der Waals surface area (Å²) in [4.78, 5) is 22.4. The van der Waals surface area contributed by atoms with E-state index in [4.69, 9.17) is 0 Å². The molecule has 0 fully saturated rings. The van der Waals surface area contributed by atoms with E-state index in [1.165, 1.54) is 11.8 Å². The third-order valence-corrected chi connectivity index (χ3v) is 3.00. The Morgan fingerprint density at radius 1 is 1.53 bits per heavy atom. The van der Waals surface area contributed by atoms with Gasteiger partial charge in [0.25, 0.3) is 5.56 Å². The Labute approximate surface area is 103 Å². The van der Waals surface area contributed by atoms with Gasteiger partial charge in [0.1, 0.15) is 5.39 Å². The van der Waals surface area contributed by atoms with Crippen LogP contribution >= 0.6 is 11.8 Å². The van der Waals surface area contributed by atoms with Crippen LogP contribution < -0.4 is 5.56 Å². The summed E-state index contributed by atoms with van der Waals surface area (Å²) in [6.45, 7) is 1.42. The van der Waals surface area contributed by atoms with Gasteiger partial charge < -0.3 is 4.90 Å². The van der Waals surface area contributed by atoms with Crippen LogP contribution in [0.15, 0.2) is 16.1 Å². The van der Waals surface area contributed by atoms with Crippen molar-refractivity contribution >= 4 is 22.8 Å². The smallest absolute Gasteiger partial charge is 0.277 e. The van der Waals surface area contributed by atoms with Crippen molar-refractivity contribution in [2.75, 3.05) is 26.9 Å². The zero-order valence-corrected chi connectivity index (χ0v) is 10.9. The molecule has 0 saturated carbocycles. The molecule has 7 heteroatoms. The van der Waals surface area contributed by atoms with Gasteiger partial charge in [-0.2, -0.15) is 0 Å². The van der Waals surface area contributed by atoms with Crippen molar-refractivity contribution in [3.8, 4) is 0 Å². The molecule has 0 spiro atoms. The lowest BCUT2D eigenvalue weighted by molar-refractivity contribution is 0.371. The maximum atomic E-state index is 12.0. The van der Waals surface area contributed by atoms with Crippen molar-refractivity contribution in [2.45, 2.75) is 11.7 Å². The molecule has 92 valence electrons. The molecule has 1 N–H and O–H groups in total. The van der Waals surface area contributed by atoms with E-state index in [0.717, 1.165) is 6.54 Å². The minimum Gasteiger partial charge on any atom is -0.308 e. The normalized spacial score (nSPS) is 11.5. The van der Waals surface area contributed by atoms with Gasteiger partial charge in [-0.3, -0.25) is 9.89 Å². The second-order valence-electron chi connectivity index (χ2n) is 3.99. The number of aromatic amines is 1. The van der Waals surface area contributed by atoms with Crippen LogP contribution in [0.3, 0.4) is 0 Å². The van der Waals surface area contributed by atoms with Gasteiger partial charge in [0.2, 0.25) is 0 Å². The van der Waals surface area contributed by atoms with Gasteiger partial charge >= 0.3 is 0 Å². The van der Waals surface area contributed by atoms with Gasteiger partial charge in [0.15, 0.2) is 10.8 Å². The number of aromatic nitrogens is 4. The largest absolute Gasteiger partial charge is 0.308 e. The summed E-state index contributed by atoms with van der Waals surface area (Å²) in [7, 11) is 3.94. The zero-order valence-electron chi connectivity index (χ0n) is 10.1. The lowest BCUT2D eigenvalue weighted by atomic mass is 10.4. The minimum absolute atomic E-state index is 0.0606. The first-order chi connectivity index (χ1) is 8.11. The van der Waals surface area contributed by atoms with Crippen LogP contribution in [0.5, 0.6) is 0 Å². The van der Waals surface area contributed by atoms with Crippen LogP contribution in [0.25, 0.3) is 11.0 Å². The topological polar surface area (TPSA) is 66.8 Å². The first-order valence-electron chi connectivity index (χ1n) is 5.26. The van der Waals surface area contributed by atoms with Crippen LogP contribution in [0, 0.1) is 0 Å². The highest BCUT2D eigenvalue weighted by atomic mass is 32.2. The van der Waals surface area contributed by atoms with E-state index in [1.807, 2.05) is 25.3 Å². The number of hydrogen-bond acceptors (Lipinski definition) is 5. The molecule has 0 saturated heterocycles. The Morgan fingerprint density at radius 2 is 2.29 bits per heavy atom. The summed E-state index contributed by atoms with van der Waals surface area (Å²) in [5, 5.41) is 4.22. The number of H-pyrrole nitrogens is 1. The molecule has 0 aliphatic rings. The maximum Gasteiger partial charge on any atom is 0.277 e. The van der Waals surface area contributed by atoms with Crippen molar-refractivity contribution in [1.29, 1.82) is 0 Å². The summed E-state index contributed by atoms with van der Waals surface area (Å²) in [6, 6.07) is 0. The second-order valence-corrected chi connectivity index (χ2v) is 4.76. The SMILES string of the molecule is CSc1ncc2c(=O)n(CCN(C)C)[nH]c2n1. The Kier molecular flexibility index (Phi) is 3.49. The molecule has 0 aromatic carbocycles. The molecule has 0 amide bonds. The van der Waals surface area contributed by atoms with Gasteiger partial charge in [-0.15, -0.1) is 0 Å². The number of nitrogens with zero attached hydrogens (tertiary/aromatic N) is 4. The summed E-state index contributed by atoms with van der Waals surface area (Å²) < 4.78 is 1.57. The number of hydrogen-bond donors (Lipinski definition) is 1. The lowest BCUT2D eigenvalue weighted by Gasteiger charge is -2.08. The monoisotopic (exact) mass is 253 g/mol. The third-order valence-electron chi connectivity index (χ3n) is 2.44. The predicted octanol–water partition coefficient (Wildman–Crippen LogP) is 0.403. The van der Waals surface area contributed by atoms with Gasteiger partial charge in [-0.25, -0.2) is 14.6 Å². The summed E-state index contributed by atoms with van der Waals surface area (Å²) in [5.74, 6) is 0. The lowest BCUT2D eigenvalue weighted by Crippen LogP contribution is -2.24. The fraction of sp³-hybridized carbons (Fsp3) is 0.500. The highest BCUT2D eigenvalue weighted by molar-refractivity contribution is 7.98. The Morgan fingerprint density at radius 3 is 2.94 bits per heavy atom. The van der Waals surface area contributed by atoms with Crippen molar-refractivity contribution < 1.29 is 0 Å². The van der Waals surface area contributed by atoms with Crippen LogP contribution in [0.1, 0.15) is 0 Å². The van der Waals surface area contributed by atoms with E-state index < -0.39 is 0 Å². The molecular formula is C10H15N5OS. The molecule has 0 unspecified atom stereocenters. The molecule has 2 aromatic heterocycles. The maximum absolute atomic E-state index is 12.0. The standard InChI is InChI=1S/C10H15N5OS/c1-14(2)4-5-15-9(16)7-6-11-10(17-3)12-8(7)13-15/h6H,4-5H2,1-3H3,(H,11,12,13). The highest BCUT2D eigenvalue weighted by Gasteiger charge is 2.09. The van der Waals surface area contributed by atoms with E-state index in [0.29, 0.717) is 22.7 Å². The Bertz CT molecular complexity index is 574. The van der Waals surface area contributed by atoms with E-state index in [-0.39, 0.29) is 5.56 Å². The molecular weight excluding hydrogens is 238 g/mol. The molecule has 0 atom stereocenters. The number of rotatable bonds is 4. The number of thioether (sulfide) groups is 1. The first-order valence-corrected chi connectivity index (χ1v) is 6.48. The zero-order chi connectivity index (χ0) is 12.4. The number of likely N-dealkylation sites (N-methyl/N-ethyl adjacent to an activating group) is 1. The van der Waals surface area contributed by atoms with Crippen molar-refractivity contribution in [2.24, 2.45) is 0 Å². The van der Waals surface area contributed by atoms with Crippen LogP contribution in [-0.4, -0.2) is 51.5 Å². The summed E-state index contributed by atoms with van der Waals surface area (Å²) in [6.07, 6.45) is 3.49. The molecule has 2 aromatic rings. The fourth-order valence-electron chi connectivity index (χ4n) is 1.49. The average Bonchev–Trinajstić information content (AvgIpc) is 2.63. The van der Waals surface area contributed by atoms with E-state index in [9.17, 15) is 4.79 Å². The van der Waals surface area contributed by atoms with Crippen LogP contribution in [0.4, 0.5) is 0 Å². The van der Waals surface area contributed by atoms with Crippen molar-refractivity contribution in [3.63, 3.8) is 0 Å². The van der Waals surface area contributed by atoms with Gasteiger partial charge in [-0.05, 0) is 20.4 Å². The molecule has 17 heavy (non-hydrogen) atoms. The Balaban J connectivity index is 2.38. The predicted molar refractivity (Wildman–Crippen MR) is 68.5 cm³/mol. The molecule has 2 heterocycles. The molecule has 0 bridgehead atoms. The quantitative estimate of drug-likeness (QED) is 0.631. The minimum atomic E-state index is -0.0606. The van der Waals surface area contributed by atoms with E-state index in [1.54, 1.807) is 10.9 Å². The highest BCUT2D eigenvalue weighted by Crippen LogP contribution is 2.10. The molecule has 2 rings (SSSR count). The Hall–Kier alpha value is -1.34. The summed E-state index contributed by atoms with van der Waals surface area (Å²) in [5.41, 5.74) is 0.544. The fourth-order valence-corrected chi connectivity index (χ4v) is 1.83. The first kappa shape index (κ1) is 12.1. The van der Waals surface area contributed by atoms with E-state index in [2.05, 4.69) is 15.1 Å². The molecule has 0 aliphatic carbocycles. The van der Waals surface area contributed by atoms with Crippen molar-refractivity contribution in [1.82, 2.24) is 24.6 Å². The molecule has 0 radical (unpaired) electrons. The van der Waals surface area contributed by atoms with Gasteiger partial charge in [-0.1, -0.05) is 11.8 Å². The number of fused-ring (bicyclic) bond motifs is 1. The third kappa shape index (κ3) is 2.50. The second kappa shape index (κ2) is 4.89. The molecule has 0 aliphatic heterocycles. The van der Waals surface area contributed by atoms with E-state index >= 15 is 0 Å². The number of nitrogens with one attached hydrogen (secondary N) is 1. The van der Waals surface area contributed by atoms with Gasteiger partial charge in [0, 0.05) is 12.7 Å². The summed E-state index contributed by atoms with van der Waals surface area (Å²) >= 11 is 1.46. The van der Waals surface area contributed by atoms with Crippen LogP contribution in [0.2, 0.25) is 0 Å².